The predicted molar refractivity (Wildman–Crippen MR) is 27.3 cm³/mol. The number of hydrogen-bond acceptors (Lipinski definition) is 5. The molecule has 0 bridgehead atoms. The summed E-state index contributed by atoms with van der Waals surface area (Å²) in [6, 6.07) is 0. The van der Waals surface area contributed by atoms with Gasteiger partial charge in [0.05, 0.1) is 0 Å². The SMILES string of the molecule is COCO[P+](=O)OC#N. The summed E-state index contributed by atoms with van der Waals surface area (Å²) < 4.78 is 22.7. The lowest BCUT2D eigenvalue weighted by molar-refractivity contribution is 0.0486. The topological polar surface area (TPSA) is 68.6 Å². The molecule has 0 amide bonds. The maximum Gasteiger partial charge on any atom is 0.763 e. The Balaban J connectivity index is 3.19. The van der Waals surface area contributed by atoms with Crippen LogP contribution in [0.3, 0.4) is 0 Å². The van der Waals surface area contributed by atoms with Crippen molar-refractivity contribution in [2.75, 3.05) is 13.9 Å². The van der Waals surface area contributed by atoms with E-state index in [1.807, 2.05) is 0 Å². The van der Waals surface area contributed by atoms with Gasteiger partial charge < -0.3 is 4.74 Å². The van der Waals surface area contributed by atoms with Gasteiger partial charge in [0.1, 0.15) is 0 Å². The first-order valence-electron chi connectivity index (χ1n) is 1.96. The summed E-state index contributed by atoms with van der Waals surface area (Å²) in [5.74, 6) is 0. The van der Waals surface area contributed by atoms with Crippen LogP contribution in [0.5, 0.6) is 0 Å². The highest BCUT2D eigenvalue weighted by molar-refractivity contribution is 7.33. The fourth-order valence-electron chi connectivity index (χ4n) is 0.155. The van der Waals surface area contributed by atoms with Gasteiger partial charge in [0.25, 0.3) is 0 Å². The van der Waals surface area contributed by atoms with Crippen LogP contribution in [0.15, 0.2) is 0 Å². The molecule has 1 unspecified atom stereocenters. The van der Waals surface area contributed by atoms with Crippen molar-refractivity contribution in [3.63, 3.8) is 0 Å². The summed E-state index contributed by atoms with van der Waals surface area (Å²) in [5, 5.41) is 7.76. The van der Waals surface area contributed by atoms with Gasteiger partial charge in [0, 0.05) is 11.7 Å². The highest BCUT2D eigenvalue weighted by atomic mass is 31.1. The van der Waals surface area contributed by atoms with E-state index in [1.54, 1.807) is 0 Å². The minimum Gasteiger partial charge on any atom is -0.354 e. The summed E-state index contributed by atoms with van der Waals surface area (Å²) in [7, 11) is -0.952. The number of hydrogen-bond donors (Lipinski definition) is 0. The van der Waals surface area contributed by atoms with Gasteiger partial charge in [-0.3, -0.25) is 0 Å². The van der Waals surface area contributed by atoms with E-state index in [9.17, 15) is 4.57 Å². The number of nitrogens with zero attached hydrogens (tertiary/aromatic N) is 1. The van der Waals surface area contributed by atoms with Crippen LogP contribution in [0.2, 0.25) is 0 Å². The summed E-state index contributed by atoms with van der Waals surface area (Å²) >= 11 is 0. The molecular formula is C3H5NO4P+. The fourth-order valence-corrected chi connectivity index (χ4v) is 0.466. The summed E-state index contributed by atoms with van der Waals surface area (Å²) in [6.07, 6.45) is 1.21. The first-order valence-corrected chi connectivity index (χ1v) is 3.06. The van der Waals surface area contributed by atoms with E-state index in [1.165, 1.54) is 13.4 Å². The monoisotopic (exact) mass is 150 g/mol. The van der Waals surface area contributed by atoms with Gasteiger partial charge in [-0.25, -0.2) is 0 Å². The van der Waals surface area contributed by atoms with E-state index >= 15 is 0 Å². The highest BCUT2D eigenvalue weighted by Crippen LogP contribution is 2.21. The van der Waals surface area contributed by atoms with Gasteiger partial charge in [0.2, 0.25) is 6.79 Å². The minimum absolute atomic E-state index is 0.142. The fraction of sp³-hybridized carbons (Fsp3) is 0.667. The third-order valence-electron chi connectivity index (χ3n) is 0.391. The van der Waals surface area contributed by atoms with Crippen molar-refractivity contribution >= 4 is 8.25 Å². The van der Waals surface area contributed by atoms with E-state index in [4.69, 9.17) is 5.26 Å². The van der Waals surface area contributed by atoms with Crippen LogP contribution in [0, 0.1) is 11.5 Å². The molecule has 50 valence electrons. The number of nitriles is 1. The van der Waals surface area contributed by atoms with Crippen LogP contribution in [0.25, 0.3) is 0 Å². The maximum absolute atomic E-state index is 10.2. The molecule has 6 heteroatoms. The summed E-state index contributed by atoms with van der Waals surface area (Å²) in [4.78, 5) is 0. The van der Waals surface area contributed by atoms with Crippen LogP contribution in [0.1, 0.15) is 0 Å². The molecule has 0 spiro atoms. The molecule has 0 saturated heterocycles. The molecule has 0 radical (unpaired) electrons. The first kappa shape index (κ1) is 8.31. The van der Waals surface area contributed by atoms with Crippen LogP contribution in [0.4, 0.5) is 0 Å². The first-order chi connectivity index (χ1) is 4.31. The Morgan fingerprint density at radius 1 is 1.78 bits per heavy atom. The summed E-state index contributed by atoms with van der Waals surface area (Å²) in [6.45, 7) is -0.142. The van der Waals surface area contributed by atoms with Gasteiger partial charge in [-0.15, -0.1) is 9.79 Å². The van der Waals surface area contributed by atoms with Crippen molar-refractivity contribution in [3.05, 3.63) is 0 Å². The number of ether oxygens (including phenoxy) is 1. The molecule has 0 aliphatic rings. The summed E-state index contributed by atoms with van der Waals surface area (Å²) in [5.41, 5.74) is 0. The van der Waals surface area contributed by atoms with E-state index in [0.717, 1.165) is 0 Å². The average molecular weight is 150 g/mol. The van der Waals surface area contributed by atoms with Crippen molar-refractivity contribution in [1.82, 2.24) is 0 Å². The molecule has 0 heterocycles. The number of methoxy groups -OCH3 is 1. The van der Waals surface area contributed by atoms with Gasteiger partial charge in [-0.1, -0.05) is 4.52 Å². The Kier molecular flexibility index (Phi) is 5.03. The molecule has 0 fully saturated rings. The van der Waals surface area contributed by atoms with Crippen molar-refractivity contribution in [2.24, 2.45) is 0 Å². The molecular weight excluding hydrogens is 145 g/mol. The molecule has 0 rings (SSSR count). The zero-order chi connectivity index (χ0) is 7.11. The molecule has 0 N–H and O–H groups in total. The Labute approximate surface area is 53.1 Å². The van der Waals surface area contributed by atoms with Crippen molar-refractivity contribution in [1.29, 1.82) is 5.26 Å². The smallest absolute Gasteiger partial charge is 0.354 e. The number of rotatable bonds is 4. The van der Waals surface area contributed by atoms with Crippen LogP contribution < -0.4 is 0 Å². The van der Waals surface area contributed by atoms with Gasteiger partial charge in [-0.05, 0) is 0 Å². The molecule has 0 aliphatic carbocycles. The highest BCUT2D eigenvalue weighted by Gasteiger charge is 2.19. The van der Waals surface area contributed by atoms with E-state index in [-0.39, 0.29) is 6.79 Å². The Bertz CT molecular complexity index is 130. The maximum atomic E-state index is 10.2. The predicted octanol–water partition coefficient (Wildman–Crippen LogP) is 0.762. The molecule has 1 atom stereocenters. The van der Waals surface area contributed by atoms with Crippen LogP contribution >= 0.6 is 8.25 Å². The lowest BCUT2D eigenvalue weighted by Crippen LogP contribution is -1.87. The second-order valence-electron chi connectivity index (χ2n) is 0.942. The molecule has 0 aliphatic heterocycles. The van der Waals surface area contributed by atoms with E-state index in [2.05, 4.69) is 13.8 Å². The second kappa shape index (κ2) is 5.45. The van der Waals surface area contributed by atoms with E-state index < -0.39 is 8.25 Å². The van der Waals surface area contributed by atoms with Crippen molar-refractivity contribution < 1.29 is 18.3 Å². The van der Waals surface area contributed by atoms with Gasteiger partial charge in [0.15, 0.2) is 0 Å². The molecule has 0 aromatic heterocycles. The zero-order valence-electron chi connectivity index (χ0n) is 4.73. The third-order valence-corrected chi connectivity index (χ3v) is 0.938. The lowest BCUT2D eigenvalue weighted by atomic mass is 11.4. The van der Waals surface area contributed by atoms with Gasteiger partial charge >= 0.3 is 14.5 Å². The standard InChI is InChI=1S/C3H5NO4P/c1-6-3-8-9(5)7-2-4/h3H2,1H3/q+1. The van der Waals surface area contributed by atoms with Crippen LogP contribution in [-0.2, 0) is 18.3 Å². The molecule has 5 nitrogen and oxygen atoms in total. The Morgan fingerprint density at radius 3 is 2.89 bits per heavy atom. The van der Waals surface area contributed by atoms with Gasteiger partial charge in [-0.2, -0.15) is 0 Å². The average Bonchev–Trinajstić information content (AvgIpc) is 1.85. The Hall–Kier alpha value is -0.690. The lowest BCUT2D eigenvalue weighted by Gasteiger charge is -1.82. The molecule has 9 heavy (non-hydrogen) atoms. The van der Waals surface area contributed by atoms with E-state index in [0.29, 0.717) is 0 Å². The zero-order valence-corrected chi connectivity index (χ0v) is 5.63. The minimum atomic E-state index is -2.32. The molecule has 0 aromatic rings. The second-order valence-corrected chi connectivity index (χ2v) is 1.83. The Morgan fingerprint density at radius 2 is 2.44 bits per heavy atom. The normalized spacial score (nSPS) is 10.0. The largest absolute Gasteiger partial charge is 0.763 e. The quantitative estimate of drug-likeness (QED) is 0.336. The van der Waals surface area contributed by atoms with Crippen molar-refractivity contribution in [3.8, 4) is 6.26 Å². The third kappa shape index (κ3) is 5.18. The van der Waals surface area contributed by atoms with Crippen molar-refractivity contribution in [2.45, 2.75) is 0 Å². The van der Waals surface area contributed by atoms with Crippen LogP contribution in [-0.4, -0.2) is 13.9 Å². The molecule has 0 aromatic carbocycles. The molecule has 0 saturated carbocycles.